The Kier molecular flexibility index (Phi) is 5.03. The van der Waals surface area contributed by atoms with E-state index in [1.807, 2.05) is 48.7 Å². The summed E-state index contributed by atoms with van der Waals surface area (Å²) in [6.07, 6.45) is 3.69. The van der Waals surface area contributed by atoms with E-state index in [2.05, 4.69) is 5.32 Å². The third kappa shape index (κ3) is 3.75. The maximum atomic E-state index is 12.6. The Morgan fingerprint density at radius 1 is 1.00 bits per heavy atom. The van der Waals surface area contributed by atoms with E-state index >= 15 is 0 Å². The number of rotatable bonds is 5. The first-order chi connectivity index (χ1) is 12.6. The number of para-hydroxylation sites is 2. The first-order valence-electron chi connectivity index (χ1n) is 8.17. The van der Waals surface area contributed by atoms with Crippen molar-refractivity contribution < 1.29 is 14.3 Å². The Balaban J connectivity index is 1.83. The van der Waals surface area contributed by atoms with Crippen molar-refractivity contribution in [1.29, 1.82) is 0 Å². The molecule has 1 aromatic heterocycles. The molecule has 0 saturated carbocycles. The summed E-state index contributed by atoms with van der Waals surface area (Å²) in [6, 6.07) is 19.3. The van der Waals surface area contributed by atoms with Gasteiger partial charge in [0.05, 0.1) is 4.92 Å². The average molecular weight is 348 g/mol. The number of carbonyl (C=O) groups is 1. The molecule has 0 unspecified atom stereocenters. The smallest absolute Gasteiger partial charge is 0.293 e. The summed E-state index contributed by atoms with van der Waals surface area (Å²) in [5, 5.41) is 13.7. The molecule has 6 heteroatoms. The van der Waals surface area contributed by atoms with Crippen molar-refractivity contribution in [3.05, 3.63) is 89.2 Å². The number of anilines is 1. The van der Waals surface area contributed by atoms with Gasteiger partial charge in [0.15, 0.2) is 12.4 Å². The second-order valence-corrected chi connectivity index (χ2v) is 5.85. The van der Waals surface area contributed by atoms with Crippen LogP contribution in [0.1, 0.15) is 13.0 Å². The van der Waals surface area contributed by atoms with Crippen LogP contribution in [0.4, 0.5) is 11.4 Å². The summed E-state index contributed by atoms with van der Waals surface area (Å²) < 4.78 is 1.78. The lowest BCUT2D eigenvalue weighted by Crippen LogP contribution is -2.44. The van der Waals surface area contributed by atoms with Crippen LogP contribution in [-0.2, 0) is 4.79 Å². The number of amides is 1. The van der Waals surface area contributed by atoms with E-state index in [4.69, 9.17) is 0 Å². The Morgan fingerprint density at radius 2 is 1.65 bits per heavy atom. The molecule has 6 nitrogen and oxygen atoms in total. The van der Waals surface area contributed by atoms with E-state index in [1.165, 1.54) is 12.1 Å². The molecule has 0 bridgehead atoms. The first-order valence-corrected chi connectivity index (χ1v) is 8.17. The molecule has 2 aromatic carbocycles. The molecule has 0 aliphatic rings. The fourth-order valence-electron chi connectivity index (χ4n) is 2.65. The number of hydrogen-bond donors (Lipinski definition) is 1. The van der Waals surface area contributed by atoms with Crippen LogP contribution < -0.4 is 9.88 Å². The van der Waals surface area contributed by atoms with Crippen LogP contribution in [0.5, 0.6) is 0 Å². The van der Waals surface area contributed by atoms with Crippen molar-refractivity contribution in [3.63, 3.8) is 0 Å². The van der Waals surface area contributed by atoms with Crippen LogP contribution >= 0.6 is 0 Å². The standard InChI is InChI=1S/C20H17N3O3/c1-15(20(24)21-18-11-5-6-12-19(18)23(25)26)22-13-7-10-17(14-22)16-8-3-2-4-9-16/h2-15H,1H3/p+1/t15-/m1/s1. The quantitative estimate of drug-likeness (QED) is 0.433. The number of pyridine rings is 1. The van der Waals surface area contributed by atoms with Gasteiger partial charge in [0.25, 0.3) is 11.6 Å². The van der Waals surface area contributed by atoms with Gasteiger partial charge in [0.2, 0.25) is 6.04 Å². The fourth-order valence-corrected chi connectivity index (χ4v) is 2.65. The lowest BCUT2D eigenvalue weighted by molar-refractivity contribution is -0.705. The number of benzene rings is 2. The molecule has 130 valence electrons. The summed E-state index contributed by atoms with van der Waals surface area (Å²) in [4.78, 5) is 23.2. The SMILES string of the molecule is C[C@H](C(=O)Nc1ccccc1[N+](=O)[O-])[n+]1cccc(-c2ccccc2)c1. The van der Waals surface area contributed by atoms with Gasteiger partial charge in [0.1, 0.15) is 5.69 Å². The molecule has 26 heavy (non-hydrogen) atoms. The second-order valence-electron chi connectivity index (χ2n) is 5.85. The maximum absolute atomic E-state index is 12.6. The molecule has 1 heterocycles. The molecule has 0 radical (unpaired) electrons. The summed E-state index contributed by atoms with van der Waals surface area (Å²) in [5.74, 6) is -0.325. The third-order valence-electron chi connectivity index (χ3n) is 4.11. The van der Waals surface area contributed by atoms with E-state index in [-0.39, 0.29) is 17.3 Å². The molecule has 1 N–H and O–H groups in total. The van der Waals surface area contributed by atoms with Crippen molar-refractivity contribution in [1.82, 2.24) is 0 Å². The van der Waals surface area contributed by atoms with Crippen LogP contribution in [0, 0.1) is 10.1 Å². The molecular formula is C20H18N3O3+. The molecule has 1 atom stereocenters. The Labute approximate surface area is 150 Å². The highest BCUT2D eigenvalue weighted by atomic mass is 16.6. The number of nitro benzene ring substituents is 1. The fraction of sp³-hybridized carbons (Fsp3) is 0.100. The van der Waals surface area contributed by atoms with Crippen molar-refractivity contribution >= 4 is 17.3 Å². The number of carbonyl (C=O) groups excluding carboxylic acids is 1. The lowest BCUT2D eigenvalue weighted by Gasteiger charge is -2.10. The highest BCUT2D eigenvalue weighted by molar-refractivity contribution is 5.94. The van der Waals surface area contributed by atoms with Gasteiger partial charge in [-0.1, -0.05) is 42.5 Å². The van der Waals surface area contributed by atoms with Gasteiger partial charge in [0, 0.05) is 24.6 Å². The van der Waals surface area contributed by atoms with Crippen molar-refractivity contribution in [2.75, 3.05) is 5.32 Å². The largest absolute Gasteiger partial charge is 0.315 e. The van der Waals surface area contributed by atoms with Gasteiger partial charge in [-0.05, 0) is 17.7 Å². The van der Waals surface area contributed by atoms with Gasteiger partial charge in [-0.25, -0.2) is 0 Å². The molecule has 3 rings (SSSR count). The van der Waals surface area contributed by atoms with Gasteiger partial charge >= 0.3 is 0 Å². The van der Waals surface area contributed by atoms with Gasteiger partial charge in [-0.2, -0.15) is 4.57 Å². The third-order valence-corrected chi connectivity index (χ3v) is 4.11. The van der Waals surface area contributed by atoms with Crippen LogP contribution in [0.2, 0.25) is 0 Å². The molecule has 1 amide bonds. The summed E-state index contributed by atoms with van der Waals surface area (Å²) >= 11 is 0. The lowest BCUT2D eigenvalue weighted by atomic mass is 10.1. The van der Waals surface area contributed by atoms with Crippen LogP contribution in [0.25, 0.3) is 11.1 Å². The number of aromatic nitrogens is 1. The number of nitrogens with one attached hydrogen (secondary N) is 1. The molecule has 0 aliphatic heterocycles. The summed E-state index contributed by atoms with van der Waals surface area (Å²) in [7, 11) is 0. The minimum absolute atomic E-state index is 0.129. The minimum atomic E-state index is -0.529. The Hall–Kier alpha value is -3.54. The van der Waals surface area contributed by atoms with Gasteiger partial charge in [-0.15, -0.1) is 0 Å². The van der Waals surface area contributed by atoms with E-state index in [9.17, 15) is 14.9 Å². The minimum Gasteiger partial charge on any atom is -0.315 e. The van der Waals surface area contributed by atoms with Crippen molar-refractivity contribution in [2.45, 2.75) is 13.0 Å². The molecule has 0 aliphatic carbocycles. The van der Waals surface area contributed by atoms with E-state index in [0.717, 1.165) is 11.1 Å². The monoisotopic (exact) mass is 348 g/mol. The Morgan fingerprint density at radius 3 is 2.38 bits per heavy atom. The van der Waals surface area contributed by atoms with Crippen LogP contribution in [0.15, 0.2) is 79.1 Å². The predicted molar refractivity (Wildman–Crippen MR) is 98.5 cm³/mol. The predicted octanol–water partition coefficient (Wildman–Crippen LogP) is 3.75. The van der Waals surface area contributed by atoms with Crippen molar-refractivity contribution in [2.24, 2.45) is 0 Å². The first kappa shape index (κ1) is 17.3. The zero-order chi connectivity index (χ0) is 18.5. The topological polar surface area (TPSA) is 76.1 Å². The second kappa shape index (κ2) is 7.57. The maximum Gasteiger partial charge on any atom is 0.293 e. The van der Waals surface area contributed by atoms with Crippen molar-refractivity contribution in [3.8, 4) is 11.1 Å². The Bertz CT molecular complexity index is 942. The summed E-state index contributed by atoms with van der Waals surface area (Å²) in [6.45, 7) is 1.75. The molecule has 0 saturated heterocycles. The molecular weight excluding hydrogens is 330 g/mol. The highest BCUT2D eigenvalue weighted by Crippen LogP contribution is 2.24. The average Bonchev–Trinajstić information content (AvgIpc) is 2.68. The van der Waals surface area contributed by atoms with E-state index < -0.39 is 11.0 Å². The number of hydrogen-bond acceptors (Lipinski definition) is 3. The van der Waals surface area contributed by atoms with Crippen LogP contribution in [0.3, 0.4) is 0 Å². The zero-order valence-corrected chi connectivity index (χ0v) is 14.2. The molecule has 0 fully saturated rings. The van der Waals surface area contributed by atoms with E-state index in [0.29, 0.717) is 0 Å². The van der Waals surface area contributed by atoms with Gasteiger partial charge in [-0.3, -0.25) is 14.9 Å². The number of nitrogens with zero attached hydrogens (tertiary/aromatic N) is 2. The summed E-state index contributed by atoms with van der Waals surface area (Å²) in [5.41, 5.74) is 2.09. The molecule has 0 spiro atoms. The highest BCUT2D eigenvalue weighted by Gasteiger charge is 2.25. The van der Waals surface area contributed by atoms with Crippen LogP contribution in [-0.4, -0.2) is 10.8 Å². The number of nitro groups is 1. The normalized spacial score (nSPS) is 11.6. The zero-order valence-electron chi connectivity index (χ0n) is 14.2. The van der Waals surface area contributed by atoms with Gasteiger partial charge < -0.3 is 5.32 Å². The molecule has 3 aromatic rings. The van der Waals surface area contributed by atoms with E-state index in [1.54, 1.807) is 29.8 Å².